The Balaban J connectivity index is 2.97. The number of hydrogen-bond donors (Lipinski definition) is 1. The second kappa shape index (κ2) is 6.21. The number of hydrogen-bond acceptors (Lipinski definition) is 5. The first-order valence-corrected chi connectivity index (χ1v) is 6.67. The minimum Gasteiger partial charge on any atom is -0.258 e. The highest BCUT2D eigenvalue weighted by molar-refractivity contribution is 7.89. The molecule has 0 saturated carbocycles. The maximum absolute atomic E-state index is 13.4. The van der Waals surface area contributed by atoms with Crippen molar-refractivity contribution in [1.29, 1.82) is 5.26 Å². The third-order valence-corrected chi connectivity index (χ3v) is 3.65. The molecule has 9 heteroatoms. The van der Waals surface area contributed by atoms with E-state index in [0.29, 0.717) is 6.07 Å². The number of benzene rings is 1. The minimum absolute atomic E-state index is 0.0436. The molecule has 1 N–H and O–H groups in total. The number of halogens is 1. The number of sulfonamides is 1. The number of unbranched alkanes of at least 4 members (excludes halogenated alkanes) is 1. The van der Waals surface area contributed by atoms with Gasteiger partial charge in [0, 0.05) is 25.1 Å². The lowest BCUT2D eigenvalue weighted by Crippen LogP contribution is -2.25. The van der Waals surface area contributed by atoms with Gasteiger partial charge in [0.05, 0.1) is 11.0 Å². The largest absolute Gasteiger partial charge is 0.270 e. The third-order valence-electron chi connectivity index (χ3n) is 2.17. The number of rotatable bonds is 6. The van der Waals surface area contributed by atoms with Gasteiger partial charge in [0.15, 0.2) is 0 Å². The summed E-state index contributed by atoms with van der Waals surface area (Å²) in [6, 6.07) is 4.09. The first kappa shape index (κ1) is 15.0. The van der Waals surface area contributed by atoms with Crippen LogP contribution in [0.5, 0.6) is 0 Å². The van der Waals surface area contributed by atoms with Gasteiger partial charge in [-0.3, -0.25) is 10.1 Å². The normalized spacial score (nSPS) is 10.9. The summed E-state index contributed by atoms with van der Waals surface area (Å²) < 4.78 is 39.0. The molecule has 1 rings (SSSR count). The molecule has 0 unspecified atom stereocenters. The lowest BCUT2D eigenvalue weighted by atomic mass is 10.3. The van der Waals surface area contributed by atoms with E-state index in [-0.39, 0.29) is 19.4 Å². The lowest BCUT2D eigenvalue weighted by Gasteiger charge is -2.06. The van der Waals surface area contributed by atoms with Crippen LogP contribution in [0.15, 0.2) is 23.1 Å². The van der Waals surface area contributed by atoms with Crippen molar-refractivity contribution in [3.05, 3.63) is 34.1 Å². The quantitative estimate of drug-likeness (QED) is 0.481. The fourth-order valence-electron chi connectivity index (χ4n) is 1.26. The van der Waals surface area contributed by atoms with Gasteiger partial charge in [-0.1, -0.05) is 0 Å². The summed E-state index contributed by atoms with van der Waals surface area (Å²) >= 11 is 0. The molecule has 0 saturated heterocycles. The van der Waals surface area contributed by atoms with Crippen LogP contribution >= 0.6 is 0 Å². The molecular weight excluding hydrogens is 277 g/mol. The molecule has 0 amide bonds. The second-order valence-electron chi connectivity index (χ2n) is 3.53. The highest BCUT2D eigenvalue weighted by Gasteiger charge is 2.22. The smallest absolute Gasteiger partial charge is 0.258 e. The van der Waals surface area contributed by atoms with Crippen LogP contribution in [-0.2, 0) is 10.0 Å². The predicted molar refractivity (Wildman–Crippen MR) is 63.1 cm³/mol. The van der Waals surface area contributed by atoms with Gasteiger partial charge >= 0.3 is 0 Å². The van der Waals surface area contributed by atoms with Gasteiger partial charge < -0.3 is 0 Å². The predicted octanol–water partition coefficient (Wildman–Crippen LogP) is 1.32. The zero-order valence-electron chi connectivity index (χ0n) is 9.67. The number of nitro groups is 1. The maximum atomic E-state index is 13.4. The Morgan fingerprint density at radius 1 is 1.47 bits per heavy atom. The molecule has 1 aromatic rings. The van der Waals surface area contributed by atoms with Gasteiger partial charge in [0.1, 0.15) is 10.7 Å². The molecule has 0 aliphatic carbocycles. The Bertz CT molecular complexity index is 624. The van der Waals surface area contributed by atoms with Crippen LogP contribution < -0.4 is 4.72 Å². The number of nitrogens with zero attached hydrogens (tertiary/aromatic N) is 2. The van der Waals surface area contributed by atoms with Crippen LogP contribution in [0.4, 0.5) is 10.1 Å². The van der Waals surface area contributed by atoms with E-state index < -0.39 is 31.3 Å². The number of non-ortho nitro benzene ring substituents is 1. The first-order valence-electron chi connectivity index (χ1n) is 5.19. The van der Waals surface area contributed by atoms with Crippen LogP contribution in [0, 0.1) is 27.3 Å². The van der Waals surface area contributed by atoms with E-state index in [1.165, 1.54) is 0 Å². The van der Waals surface area contributed by atoms with Gasteiger partial charge in [-0.25, -0.2) is 17.5 Å². The summed E-state index contributed by atoms with van der Waals surface area (Å²) in [6.45, 7) is -0.0436. The van der Waals surface area contributed by atoms with Crippen molar-refractivity contribution in [2.24, 2.45) is 0 Å². The highest BCUT2D eigenvalue weighted by atomic mass is 32.2. The fourth-order valence-corrected chi connectivity index (χ4v) is 2.43. The van der Waals surface area contributed by atoms with Crippen LogP contribution in [0.3, 0.4) is 0 Å². The van der Waals surface area contributed by atoms with Gasteiger partial charge in [-0.15, -0.1) is 0 Å². The molecule has 0 spiro atoms. The standard InChI is InChI=1S/C10H10FN3O4S/c11-9-4-3-8(14(15)16)7-10(9)19(17,18)13-6-2-1-5-12/h3-4,7,13H,1-2,6H2. The average Bonchev–Trinajstić information content (AvgIpc) is 2.34. The Labute approximate surface area is 108 Å². The summed E-state index contributed by atoms with van der Waals surface area (Å²) in [6.07, 6.45) is 0.423. The van der Waals surface area contributed by atoms with Gasteiger partial charge in [-0.05, 0) is 12.5 Å². The van der Waals surface area contributed by atoms with Crippen molar-refractivity contribution in [1.82, 2.24) is 4.72 Å². The first-order chi connectivity index (χ1) is 8.88. The van der Waals surface area contributed by atoms with E-state index in [1.807, 2.05) is 6.07 Å². The average molecular weight is 287 g/mol. The monoisotopic (exact) mass is 287 g/mol. The molecule has 0 fully saturated rings. The summed E-state index contributed by atoms with van der Waals surface area (Å²) in [5.41, 5.74) is -0.515. The van der Waals surface area contributed by atoms with E-state index >= 15 is 0 Å². The second-order valence-corrected chi connectivity index (χ2v) is 5.27. The molecule has 0 bridgehead atoms. The molecule has 7 nitrogen and oxygen atoms in total. The van der Waals surface area contributed by atoms with Gasteiger partial charge in [0.2, 0.25) is 10.0 Å². The van der Waals surface area contributed by atoms with Crippen molar-refractivity contribution in [3.8, 4) is 6.07 Å². The zero-order chi connectivity index (χ0) is 14.5. The SMILES string of the molecule is N#CCCCNS(=O)(=O)c1cc([N+](=O)[O-])ccc1F. The van der Waals surface area contributed by atoms with E-state index in [1.54, 1.807) is 0 Å². The summed E-state index contributed by atoms with van der Waals surface area (Å²) in [5, 5.41) is 18.8. The summed E-state index contributed by atoms with van der Waals surface area (Å²) in [4.78, 5) is 8.93. The molecule has 1 aromatic carbocycles. The molecular formula is C10H10FN3O4S. The van der Waals surface area contributed by atoms with Crippen LogP contribution in [0.2, 0.25) is 0 Å². The van der Waals surface area contributed by atoms with E-state index in [0.717, 1.165) is 12.1 Å². The van der Waals surface area contributed by atoms with Gasteiger partial charge in [0.25, 0.3) is 5.69 Å². The molecule has 19 heavy (non-hydrogen) atoms. The Kier molecular flexibility index (Phi) is 4.91. The Morgan fingerprint density at radius 3 is 2.74 bits per heavy atom. The van der Waals surface area contributed by atoms with E-state index in [9.17, 15) is 22.9 Å². The molecule has 0 atom stereocenters. The van der Waals surface area contributed by atoms with Crippen LogP contribution in [0.1, 0.15) is 12.8 Å². The lowest BCUT2D eigenvalue weighted by molar-refractivity contribution is -0.385. The molecule has 102 valence electrons. The third kappa shape index (κ3) is 3.97. The Morgan fingerprint density at radius 2 is 2.16 bits per heavy atom. The fraction of sp³-hybridized carbons (Fsp3) is 0.300. The van der Waals surface area contributed by atoms with Gasteiger partial charge in [-0.2, -0.15) is 5.26 Å². The van der Waals surface area contributed by atoms with Crippen molar-refractivity contribution >= 4 is 15.7 Å². The summed E-state index contributed by atoms with van der Waals surface area (Å²) in [7, 11) is -4.17. The van der Waals surface area contributed by atoms with Crippen molar-refractivity contribution in [2.75, 3.05) is 6.54 Å². The van der Waals surface area contributed by atoms with E-state index in [2.05, 4.69) is 4.72 Å². The number of nitrogens with one attached hydrogen (secondary N) is 1. The van der Waals surface area contributed by atoms with Crippen LogP contribution in [-0.4, -0.2) is 19.9 Å². The van der Waals surface area contributed by atoms with Crippen molar-refractivity contribution in [3.63, 3.8) is 0 Å². The molecule has 0 heterocycles. The topological polar surface area (TPSA) is 113 Å². The van der Waals surface area contributed by atoms with E-state index in [4.69, 9.17) is 5.26 Å². The molecule has 0 aliphatic rings. The number of nitriles is 1. The van der Waals surface area contributed by atoms with Crippen LogP contribution in [0.25, 0.3) is 0 Å². The minimum atomic E-state index is -4.17. The maximum Gasteiger partial charge on any atom is 0.270 e. The molecule has 0 aromatic heterocycles. The zero-order valence-corrected chi connectivity index (χ0v) is 10.5. The Hall–Kier alpha value is -2.05. The molecule has 0 radical (unpaired) electrons. The number of nitro benzene ring substituents is 1. The summed E-state index contributed by atoms with van der Waals surface area (Å²) in [5.74, 6) is -1.07. The highest BCUT2D eigenvalue weighted by Crippen LogP contribution is 2.20. The van der Waals surface area contributed by atoms with Crippen molar-refractivity contribution in [2.45, 2.75) is 17.7 Å². The molecule has 0 aliphatic heterocycles. The van der Waals surface area contributed by atoms with Crippen molar-refractivity contribution < 1.29 is 17.7 Å².